The summed E-state index contributed by atoms with van der Waals surface area (Å²) in [7, 11) is 3.36. The van der Waals surface area contributed by atoms with Gasteiger partial charge in [0.05, 0.1) is 14.2 Å². The van der Waals surface area contributed by atoms with E-state index >= 15 is 0 Å². The standard InChI is InChI=1S/C20H22O2S/c1-5-19(15-9-7-11-17(13-15)21-3)23-20(6-2)16-10-8-12-18(14-16)22-4/h5-14,19-20H,1-2H2,3-4H3/t19-,20-/m1/s1. The minimum atomic E-state index is 0.152. The average molecular weight is 326 g/mol. The summed E-state index contributed by atoms with van der Waals surface area (Å²) in [4.78, 5) is 0. The number of hydrogen-bond donors (Lipinski definition) is 0. The molecule has 2 atom stereocenters. The van der Waals surface area contributed by atoms with Crippen LogP contribution in [0.3, 0.4) is 0 Å². The molecule has 2 nitrogen and oxygen atoms in total. The van der Waals surface area contributed by atoms with Crippen molar-refractivity contribution in [3.8, 4) is 11.5 Å². The van der Waals surface area contributed by atoms with Gasteiger partial charge in [-0.3, -0.25) is 0 Å². The zero-order chi connectivity index (χ0) is 16.7. The number of methoxy groups -OCH3 is 2. The molecule has 0 aliphatic heterocycles. The van der Waals surface area contributed by atoms with Crippen molar-refractivity contribution < 1.29 is 9.47 Å². The molecule has 3 heteroatoms. The molecule has 0 saturated heterocycles. The lowest BCUT2D eigenvalue weighted by Gasteiger charge is -2.20. The van der Waals surface area contributed by atoms with Crippen molar-refractivity contribution in [1.29, 1.82) is 0 Å². The maximum absolute atomic E-state index is 5.32. The summed E-state index contributed by atoms with van der Waals surface area (Å²) >= 11 is 1.79. The third-order valence-electron chi connectivity index (χ3n) is 3.57. The second-order valence-electron chi connectivity index (χ2n) is 5.00. The largest absolute Gasteiger partial charge is 0.497 e. The highest BCUT2D eigenvalue weighted by molar-refractivity contribution is 8.00. The van der Waals surface area contributed by atoms with Gasteiger partial charge in [-0.15, -0.1) is 24.9 Å². The lowest BCUT2D eigenvalue weighted by Crippen LogP contribution is -1.97. The van der Waals surface area contributed by atoms with Crippen molar-refractivity contribution in [2.45, 2.75) is 10.5 Å². The van der Waals surface area contributed by atoms with Crippen LogP contribution in [0.2, 0.25) is 0 Å². The Balaban J connectivity index is 2.23. The molecule has 0 unspecified atom stereocenters. The molecule has 2 aromatic carbocycles. The minimum Gasteiger partial charge on any atom is -0.497 e. The van der Waals surface area contributed by atoms with Crippen LogP contribution in [0.15, 0.2) is 73.8 Å². The van der Waals surface area contributed by atoms with E-state index in [2.05, 4.69) is 25.3 Å². The van der Waals surface area contributed by atoms with Crippen LogP contribution in [0.1, 0.15) is 21.6 Å². The van der Waals surface area contributed by atoms with E-state index in [-0.39, 0.29) is 10.5 Å². The number of hydrogen-bond acceptors (Lipinski definition) is 3. The van der Waals surface area contributed by atoms with E-state index in [4.69, 9.17) is 9.47 Å². The van der Waals surface area contributed by atoms with E-state index in [1.165, 1.54) is 11.1 Å². The highest BCUT2D eigenvalue weighted by Crippen LogP contribution is 2.43. The normalized spacial score (nSPS) is 13.0. The molecule has 120 valence electrons. The van der Waals surface area contributed by atoms with E-state index in [9.17, 15) is 0 Å². The highest BCUT2D eigenvalue weighted by atomic mass is 32.2. The Morgan fingerprint density at radius 2 is 1.26 bits per heavy atom. The van der Waals surface area contributed by atoms with Gasteiger partial charge in [-0.05, 0) is 35.4 Å². The zero-order valence-corrected chi connectivity index (χ0v) is 14.4. The molecule has 2 rings (SSSR count). The van der Waals surface area contributed by atoms with Crippen molar-refractivity contribution in [1.82, 2.24) is 0 Å². The smallest absolute Gasteiger partial charge is 0.119 e. The van der Waals surface area contributed by atoms with Gasteiger partial charge in [0.2, 0.25) is 0 Å². The van der Waals surface area contributed by atoms with Crippen LogP contribution in [0.5, 0.6) is 11.5 Å². The Morgan fingerprint density at radius 3 is 1.61 bits per heavy atom. The quantitative estimate of drug-likeness (QED) is 0.589. The first-order chi connectivity index (χ1) is 11.2. The molecular weight excluding hydrogens is 304 g/mol. The number of benzene rings is 2. The van der Waals surface area contributed by atoms with Gasteiger partial charge in [0.15, 0.2) is 0 Å². The van der Waals surface area contributed by atoms with Crippen LogP contribution in [0.25, 0.3) is 0 Å². The van der Waals surface area contributed by atoms with Gasteiger partial charge in [-0.25, -0.2) is 0 Å². The predicted octanol–water partition coefficient (Wildman–Crippen LogP) is 5.59. The minimum absolute atomic E-state index is 0.152. The highest BCUT2D eigenvalue weighted by Gasteiger charge is 2.16. The molecule has 0 aromatic heterocycles. The van der Waals surface area contributed by atoms with Crippen molar-refractivity contribution in [3.63, 3.8) is 0 Å². The Bertz CT molecular complexity index is 609. The summed E-state index contributed by atoms with van der Waals surface area (Å²) in [6.45, 7) is 7.97. The van der Waals surface area contributed by atoms with Crippen LogP contribution < -0.4 is 9.47 Å². The molecule has 23 heavy (non-hydrogen) atoms. The molecule has 0 saturated carbocycles. The van der Waals surface area contributed by atoms with Crippen LogP contribution in [0, 0.1) is 0 Å². The monoisotopic (exact) mass is 326 g/mol. The van der Waals surface area contributed by atoms with Crippen LogP contribution in [0.4, 0.5) is 0 Å². The van der Waals surface area contributed by atoms with E-state index in [1.807, 2.05) is 48.6 Å². The summed E-state index contributed by atoms with van der Waals surface area (Å²) in [5.74, 6) is 1.71. The van der Waals surface area contributed by atoms with Crippen molar-refractivity contribution >= 4 is 11.8 Å². The Labute approximate surface area is 142 Å². The van der Waals surface area contributed by atoms with Gasteiger partial charge < -0.3 is 9.47 Å². The van der Waals surface area contributed by atoms with Crippen molar-refractivity contribution in [3.05, 3.63) is 85.0 Å². The first kappa shape index (κ1) is 17.2. The molecule has 0 aliphatic rings. The molecular formula is C20H22O2S. The Morgan fingerprint density at radius 1 is 0.826 bits per heavy atom. The van der Waals surface area contributed by atoms with Crippen molar-refractivity contribution in [2.75, 3.05) is 14.2 Å². The second kappa shape index (κ2) is 8.49. The molecule has 0 fully saturated rings. The number of thioether (sulfide) groups is 1. The average Bonchev–Trinajstić information content (AvgIpc) is 2.62. The van der Waals surface area contributed by atoms with E-state index < -0.39 is 0 Å². The topological polar surface area (TPSA) is 18.5 Å². The lowest BCUT2D eigenvalue weighted by molar-refractivity contribution is 0.414. The van der Waals surface area contributed by atoms with E-state index in [1.54, 1.807) is 26.0 Å². The van der Waals surface area contributed by atoms with E-state index in [0.717, 1.165) is 11.5 Å². The van der Waals surface area contributed by atoms with Crippen LogP contribution in [-0.2, 0) is 0 Å². The first-order valence-corrected chi connectivity index (χ1v) is 8.34. The predicted molar refractivity (Wildman–Crippen MR) is 99.5 cm³/mol. The third kappa shape index (κ3) is 4.42. The van der Waals surface area contributed by atoms with Gasteiger partial charge in [0, 0.05) is 10.5 Å². The maximum Gasteiger partial charge on any atom is 0.119 e. The van der Waals surface area contributed by atoms with Gasteiger partial charge in [0.25, 0.3) is 0 Å². The zero-order valence-electron chi connectivity index (χ0n) is 13.6. The van der Waals surface area contributed by atoms with Gasteiger partial charge in [0.1, 0.15) is 11.5 Å². The molecule has 0 amide bonds. The van der Waals surface area contributed by atoms with Crippen LogP contribution >= 0.6 is 11.8 Å². The molecule has 2 aromatic rings. The van der Waals surface area contributed by atoms with Gasteiger partial charge >= 0.3 is 0 Å². The summed E-state index contributed by atoms with van der Waals surface area (Å²) in [5.41, 5.74) is 2.33. The summed E-state index contributed by atoms with van der Waals surface area (Å²) in [6.07, 6.45) is 3.91. The molecule has 0 bridgehead atoms. The molecule has 0 radical (unpaired) electrons. The maximum atomic E-state index is 5.32. The fourth-order valence-corrected chi connectivity index (χ4v) is 3.48. The van der Waals surface area contributed by atoms with Crippen molar-refractivity contribution in [2.24, 2.45) is 0 Å². The fraction of sp³-hybridized carbons (Fsp3) is 0.200. The number of rotatable bonds is 8. The summed E-state index contributed by atoms with van der Waals surface area (Å²) in [6, 6.07) is 16.2. The molecule has 0 aliphatic carbocycles. The molecule has 0 N–H and O–H groups in total. The summed E-state index contributed by atoms with van der Waals surface area (Å²) < 4.78 is 10.6. The third-order valence-corrected chi connectivity index (χ3v) is 5.08. The SMILES string of the molecule is C=C[C@@H](S[C@H](C=C)c1cccc(OC)c1)c1cccc(OC)c1. The lowest BCUT2D eigenvalue weighted by atomic mass is 10.1. The molecule has 0 heterocycles. The molecule has 0 spiro atoms. The summed E-state index contributed by atoms with van der Waals surface area (Å²) in [5, 5.41) is 0.304. The fourth-order valence-electron chi connectivity index (χ4n) is 2.34. The Kier molecular flexibility index (Phi) is 6.36. The second-order valence-corrected chi connectivity index (χ2v) is 6.29. The van der Waals surface area contributed by atoms with Gasteiger partial charge in [-0.1, -0.05) is 36.4 Å². The first-order valence-electron chi connectivity index (χ1n) is 7.40. The van der Waals surface area contributed by atoms with Gasteiger partial charge in [-0.2, -0.15) is 0 Å². The van der Waals surface area contributed by atoms with Crippen LogP contribution in [-0.4, -0.2) is 14.2 Å². The number of ether oxygens (including phenoxy) is 2. The Hall–Kier alpha value is -2.13. The van der Waals surface area contributed by atoms with E-state index in [0.29, 0.717) is 0 Å².